The van der Waals surface area contributed by atoms with E-state index in [0.717, 1.165) is 22.0 Å². The molecule has 0 atom stereocenters. The molecule has 2 aromatic carbocycles. The first-order valence-electron chi connectivity index (χ1n) is 6.38. The van der Waals surface area contributed by atoms with E-state index in [-0.39, 0.29) is 0 Å². The Morgan fingerprint density at radius 2 is 1.90 bits per heavy atom. The van der Waals surface area contributed by atoms with Gasteiger partial charge in [0.15, 0.2) is 0 Å². The lowest BCUT2D eigenvalue weighted by molar-refractivity contribution is 0.414. The fourth-order valence-corrected chi connectivity index (χ4v) is 2.58. The topological polar surface area (TPSA) is 38.0 Å². The Labute approximate surface area is 117 Å². The van der Waals surface area contributed by atoms with E-state index in [1.165, 1.54) is 0 Å². The van der Waals surface area contributed by atoms with Crippen LogP contribution in [-0.2, 0) is 7.05 Å². The lowest BCUT2D eigenvalue weighted by Crippen LogP contribution is -1.95. The quantitative estimate of drug-likeness (QED) is 0.705. The summed E-state index contributed by atoms with van der Waals surface area (Å²) in [7, 11) is 3.54. The Morgan fingerprint density at radius 3 is 2.55 bits per heavy atom. The number of hydrogen-bond donors (Lipinski definition) is 0. The fraction of sp³-hybridized carbons (Fsp3) is 0.118. The van der Waals surface area contributed by atoms with Crippen LogP contribution in [-0.4, -0.2) is 11.7 Å². The van der Waals surface area contributed by atoms with Crippen molar-refractivity contribution in [1.29, 1.82) is 5.26 Å². The van der Waals surface area contributed by atoms with Gasteiger partial charge < -0.3 is 9.30 Å². The standard InChI is InChI=1S/C17H14N2O/c1-19-9-8-13-14(12-6-4-3-5-7-12)10-16(20-2)15(11-18)17(13)19/h3-10H,1-2H3. The van der Waals surface area contributed by atoms with E-state index in [4.69, 9.17) is 4.74 Å². The molecule has 0 amide bonds. The van der Waals surface area contributed by atoms with E-state index in [2.05, 4.69) is 18.2 Å². The van der Waals surface area contributed by atoms with E-state index < -0.39 is 0 Å². The second kappa shape index (κ2) is 4.75. The molecule has 1 aromatic heterocycles. The minimum Gasteiger partial charge on any atom is -0.495 e. The smallest absolute Gasteiger partial charge is 0.139 e. The van der Waals surface area contributed by atoms with Crippen LogP contribution >= 0.6 is 0 Å². The molecule has 3 rings (SSSR count). The average Bonchev–Trinajstić information content (AvgIpc) is 2.88. The third-order valence-electron chi connectivity index (χ3n) is 3.54. The van der Waals surface area contributed by atoms with E-state index in [1.807, 2.05) is 48.1 Å². The van der Waals surface area contributed by atoms with Crippen LogP contribution in [0.4, 0.5) is 0 Å². The molecule has 0 radical (unpaired) electrons. The van der Waals surface area contributed by atoms with Crippen molar-refractivity contribution < 1.29 is 4.74 Å². The van der Waals surface area contributed by atoms with Gasteiger partial charge in [-0.1, -0.05) is 30.3 Å². The normalized spacial score (nSPS) is 10.4. The Morgan fingerprint density at radius 1 is 1.15 bits per heavy atom. The first kappa shape index (κ1) is 12.3. The predicted molar refractivity (Wildman–Crippen MR) is 79.6 cm³/mol. The summed E-state index contributed by atoms with van der Waals surface area (Å²) in [5.41, 5.74) is 3.68. The van der Waals surface area contributed by atoms with Crippen LogP contribution in [0.15, 0.2) is 48.7 Å². The molecule has 0 spiro atoms. The predicted octanol–water partition coefficient (Wildman–Crippen LogP) is 3.73. The van der Waals surface area contributed by atoms with Gasteiger partial charge in [-0.25, -0.2) is 0 Å². The lowest BCUT2D eigenvalue weighted by Gasteiger charge is -2.11. The molecule has 98 valence electrons. The Balaban J connectivity index is 2.43. The molecule has 3 aromatic rings. The van der Waals surface area contributed by atoms with Crippen molar-refractivity contribution in [2.45, 2.75) is 0 Å². The third kappa shape index (κ3) is 1.74. The molecule has 1 heterocycles. The zero-order chi connectivity index (χ0) is 14.1. The highest BCUT2D eigenvalue weighted by molar-refractivity contribution is 6.00. The first-order chi connectivity index (χ1) is 9.76. The first-order valence-corrected chi connectivity index (χ1v) is 6.38. The molecule has 3 heteroatoms. The van der Waals surface area contributed by atoms with Gasteiger partial charge in [0.2, 0.25) is 0 Å². The maximum absolute atomic E-state index is 9.41. The summed E-state index contributed by atoms with van der Waals surface area (Å²) in [4.78, 5) is 0. The van der Waals surface area contributed by atoms with E-state index in [0.29, 0.717) is 11.3 Å². The van der Waals surface area contributed by atoms with Gasteiger partial charge in [0.25, 0.3) is 0 Å². The highest BCUT2D eigenvalue weighted by Gasteiger charge is 2.16. The highest BCUT2D eigenvalue weighted by atomic mass is 16.5. The Bertz CT molecular complexity index is 810. The molecular weight excluding hydrogens is 248 g/mol. The fourth-order valence-electron chi connectivity index (χ4n) is 2.58. The number of aryl methyl sites for hydroxylation is 1. The van der Waals surface area contributed by atoms with Crippen LogP contribution in [0, 0.1) is 11.3 Å². The minimum atomic E-state index is 0.578. The van der Waals surface area contributed by atoms with Crippen LogP contribution in [0.5, 0.6) is 5.75 Å². The number of rotatable bonds is 2. The van der Waals surface area contributed by atoms with Crippen LogP contribution in [0.25, 0.3) is 22.0 Å². The molecule has 0 saturated carbocycles. The molecule has 0 aliphatic rings. The van der Waals surface area contributed by atoms with Gasteiger partial charge in [-0.3, -0.25) is 0 Å². The maximum Gasteiger partial charge on any atom is 0.139 e. The number of fused-ring (bicyclic) bond motifs is 1. The number of methoxy groups -OCH3 is 1. The summed E-state index contributed by atoms with van der Waals surface area (Å²) in [6.07, 6.45) is 1.97. The number of ether oxygens (including phenoxy) is 1. The van der Waals surface area contributed by atoms with Crippen molar-refractivity contribution in [2.24, 2.45) is 7.05 Å². The van der Waals surface area contributed by atoms with Crippen LogP contribution in [0.1, 0.15) is 5.56 Å². The molecular formula is C17H14N2O. The third-order valence-corrected chi connectivity index (χ3v) is 3.54. The summed E-state index contributed by atoms with van der Waals surface area (Å²) >= 11 is 0. The SMILES string of the molecule is COc1cc(-c2ccccc2)c2ccn(C)c2c1C#N. The van der Waals surface area contributed by atoms with E-state index >= 15 is 0 Å². The van der Waals surface area contributed by atoms with Crippen molar-refractivity contribution in [3.63, 3.8) is 0 Å². The molecule has 0 saturated heterocycles. The molecule has 0 bridgehead atoms. The number of benzene rings is 2. The van der Waals surface area contributed by atoms with Gasteiger partial charge in [-0.05, 0) is 23.3 Å². The molecule has 0 aliphatic carbocycles. The molecule has 0 aliphatic heterocycles. The summed E-state index contributed by atoms with van der Waals surface area (Å²) in [5, 5.41) is 10.5. The van der Waals surface area contributed by atoms with Crippen molar-refractivity contribution in [2.75, 3.05) is 7.11 Å². The Kier molecular flexibility index (Phi) is 2.92. The van der Waals surface area contributed by atoms with Gasteiger partial charge in [-0.15, -0.1) is 0 Å². The highest BCUT2D eigenvalue weighted by Crippen LogP contribution is 2.36. The summed E-state index contributed by atoms with van der Waals surface area (Å²) in [5.74, 6) is 0.612. The van der Waals surface area contributed by atoms with Crippen molar-refractivity contribution in [3.8, 4) is 22.9 Å². The maximum atomic E-state index is 9.41. The molecule has 20 heavy (non-hydrogen) atoms. The van der Waals surface area contributed by atoms with E-state index in [9.17, 15) is 5.26 Å². The van der Waals surface area contributed by atoms with Gasteiger partial charge in [0, 0.05) is 18.6 Å². The van der Waals surface area contributed by atoms with Crippen LogP contribution < -0.4 is 4.74 Å². The Hall–Kier alpha value is -2.73. The summed E-state index contributed by atoms with van der Waals surface area (Å²) in [6.45, 7) is 0. The molecule has 0 unspecified atom stereocenters. The second-order valence-corrected chi connectivity index (χ2v) is 4.67. The number of nitrogens with zero attached hydrogens (tertiary/aromatic N) is 2. The number of nitriles is 1. The molecule has 0 N–H and O–H groups in total. The van der Waals surface area contributed by atoms with Gasteiger partial charge in [0.1, 0.15) is 17.4 Å². The minimum absolute atomic E-state index is 0.578. The van der Waals surface area contributed by atoms with Crippen molar-refractivity contribution >= 4 is 10.9 Å². The number of aromatic nitrogens is 1. The largest absolute Gasteiger partial charge is 0.495 e. The van der Waals surface area contributed by atoms with Gasteiger partial charge >= 0.3 is 0 Å². The van der Waals surface area contributed by atoms with Crippen LogP contribution in [0.2, 0.25) is 0 Å². The van der Waals surface area contributed by atoms with Crippen LogP contribution in [0.3, 0.4) is 0 Å². The number of hydrogen-bond acceptors (Lipinski definition) is 2. The monoisotopic (exact) mass is 262 g/mol. The summed E-state index contributed by atoms with van der Waals surface area (Å²) in [6, 6.07) is 16.4. The van der Waals surface area contributed by atoms with Gasteiger partial charge in [-0.2, -0.15) is 5.26 Å². The lowest BCUT2D eigenvalue weighted by atomic mass is 9.98. The average molecular weight is 262 g/mol. The second-order valence-electron chi connectivity index (χ2n) is 4.67. The molecule has 3 nitrogen and oxygen atoms in total. The van der Waals surface area contributed by atoms with Crippen molar-refractivity contribution in [1.82, 2.24) is 4.57 Å². The van der Waals surface area contributed by atoms with E-state index in [1.54, 1.807) is 7.11 Å². The van der Waals surface area contributed by atoms with Crippen molar-refractivity contribution in [3.05, 3.63) is 54.2 Å². The summed E-state index contributed by atoms with van der Waals surface area (Å²) < 4.78 is 7.36. The van der Waals surface area contributed by atoms with Gasteiger partial charge in [0.05, 0.1) is 12.6 Å². The zero-order valence-corrected chi connectivity index (χ0v) is 11.4. The zero-order valence-electron chi connectivity index (χ0n) is 11.4. The molecule has 0 fully saturated rings.